The molecule has 7 nitrogen and oxygen atoms in total. The third kappa shape index (κ3) is 3.25. The molecule has 0 unspecified atom stereocenters. The molecule has 2 heterocycles. The van der Waals surface area contributed by atoms with Crippen molar-refractivity contribution in [3.8, 4) is 0 Å². The summed E-state index contributed by atoms with van der Waals surface area (Å²) in [6, 6.07) is 7.86. The van der Waals surface area contributed by atoms with Crippen LogP contribution in [0.3, 0.4) is 0 Å². The van der Waals surface area contributed by atoms with Gasteiger partial charge in [0.2, 0.25) is 0 Å². The van der Waals surface area contributed by atoms with Gasteiger partial charge in [0.05, 0.1) is 12.8 Å². The fourth-order valence-corrected chi connectivity index (χ4v) is 2.50. The number of urea groups is 1. The number of carbonyl (C=O) groups is 1. The van der Waals surface area contributed by atoms with Crippen molar-refractivity contribution in [3.05, 3.63) is 41.6 Å². The Morgan fingerprint density at radius 2 is 2.32 bits per heavy atom. The first-order chi connectivity index (χ1) is 10.8. The lowest BCUT2D eigenvalue weighted by molar-refractivity contribution is 0.0444. The first-order valence-corrected chi connectivity index (χ1v) is 7.40. The summed E-state index contributed by atoms with van der Waals surface area (Å²) in [4.78, 5) is 11.9. The molecule has 0 saturated carbocycles. The minimum absolute atomic E-state index is 0.109. The summed E-state index contributed by atoms with van der Waals surface area (Å²) in [6.07, 6.45) is 2.49. The van der Waals surface area contributed by atoms with E-state index in [0.29, 0.717) is 25.5 Å². The minimum Gasteiger partial charge on any atom is -0.371 e. The molecule has 0 bridgehead atoms. The van der Waals surface area contributed by atoms with E-state index in [4.69, 9.17) is 4.74 Å². The average Bonchev–Trinajstić information content (AvgIpc) is 3.00. The number of benzene rings is 1. The standard InChI is InChI=1S/C15H19N5O2/c1-2-20-10-14(18-19-20)17-15(21)16-9-13-12-6-4-3-5-11(12)7-8-22-13/h3-6,10,13H,2,7-9H2,1H3,(H2,16,17,21)/t13-/m1/s1. The summed E-state index contributed by atoms with van der Waals surface area (Å²) in [5, 5.41) is 13.2. The summed E-state index contributed by atoms with van der Waals surface area (Å²) in [5.41, 5.74) is 2.43. The van der Waals surface area contributed by atoms with Crippen LogP contribution in [-0.4, -0.2) is 34.2 Å². The van der Waals surface area contributed by atoms with Gasteiger partial charge in [-0.2, -0.15) is 0 Å². The Kier molecular flexibility index (Phi) is 4.34. The predicted molar refractivity (Wildman–Crippen MR) is 81.6 cm³/mol. The molecule has 7 heteroatoms. The average molecular weight is 301 g/mol. The number of nitrogens with zero attached hydrogens (tertiary/aromatic N) is 3. The molecule has 0 saturated heterocycles. The van der Waals surface area contributed by atoms with Crippen molar-refractivity contribution in [1.82, 2.24) is 20.3 Å². The predicted octanol–water partition coefficient (Wildman–Crippen LogP) is 1.73. The maximum Gasteiger partial charge on any atom is 0.320 e. The second-order valence-electron chi connectivity index (χ2n) is 5.10. The third-order valence-corrected chi connectivity index (χ3v) is 3.64. The van der Waals surface area contributed by atoms with E-state index in [0.717, 1.165) is 12.0 Å². The number of aromatic nitrogens is 3. The lowest BCUT2D eigenvalue weighted by Gasteiger charge is -2.26. The van der Waals surface area contributed by atoms with E-state index in [1.54, 1.807) is 10.9 Å². The zero-order valence-electron chi connectivity index (χ0n) is 12.5. The fraction of sp³-hybridized carbons (Fsp3) is 0.400. The molecule has 2 aromatic rings. The molecule has 3 rings (SSSR count). The monoisotopic (exact) mass is 301 g/mol. The van der Waals surface area contributed by atoms with Gasteiger partial charge in [0.15, 0.2) is 5.82 Å². The molecule has 0 aliphatic carbocycles. The van der Waals surface area contributed by atoms with Crippen LogP contribution in [0, 0.1) is 0 Å². The van der Waals surface area contributed by atoms with Crippen LogP contribution < -0.4 is 10.6 Å². The van der Waals surface area contributed by atoms with Crippen LogP contribution in [0.4, 0.5) is 10.6 Å². The number of rotatable bonds is 4. The summed E-state index contributed by atoms with van der Waals surface area (Å²) in [5.74, 6) is 0.435. The van der Waals surface area contributed by atoms with E-state index in [1.165, 1.54) is 5.56 Å². The molecule has 116 valence electrons. The van der Waals surface area contributed by atoms with Crippen molar-refractivity contribution < 1.29 is 9.53 Å². The van der Waals surface area contributed by atoms with Gasteiger partial charge >= 0.3 is 6.03 Å². The first-order valence-electron chi connectivity index (χ1n) is 7.40. The molecule has 1 aliphatic heterocycles. The number of carbonyl (C=O) groups excluding carboxylic acids is 1. The second kappa shape index (κ2) is 6.57. The molecular weight excluding hydrogens is 282 g/mol. The van der Waals surface area contributed by atoms with E-state index in [9.17, 15) is 4.79 Å². The molecule has 1 aromatic carbocycles. The van der Waals surface area contributed by atoms with Crippen molar-refractivity contribution in [1.29, 1.82) is 0 Å². The number of ether oxygens (including phenoxy) is 1. The highest BCUT2D eigenvalue weighted by atomic mass is 16.5. The summed E-state index contributed by atoms with van der Waals surface area (Å²) < 4.78 is 7.40. The van der Waals surface area contributed by atoms with Crippen molar-refractivity contribution >= 4 is 11.8 Å². The number of hydrogen-bond donors (Lipinski definition) is 2. The van der Waals surface area contributed by atoms with Gasteiger partial charge in [0, 0.05) is 13.1 Å². The van der Waals surface area contributed by atoms with Crippen LogP contribution in [-0.2, 0) is 17.7 Å². The summed E-state index contributed by atoms with van der Waals surface area (Å²) >= 11 is 0. The molecule has 0 spiro atoms. The van der Waals surface area contributed by atoms with Crippen LogP contribution in [0.5, 0.6) is 0 Å². The molecule has 0 radical (unpaired) electrons. The Balaban J connectivity index is 1.55. The normalized spacial score (nSPS) is 16.9. The van der Waals surface area contributed by atoms with E-state index < -0.39 is 0 Å². The topological polar surface area (TPSA) is 81.1 Å². The highest BCUT2D eigenvalue weighted by Gasteiger charge is 2.20. The quantitative estimate of drug-likeness (QED) is 0.901. The van der Waals surface area contributed by atoms with Gasteiger partial charge in [-0.3, -0.25) is 10.00 Å². The zero-order chi connectivity index (χ0) is 15.4. The molecule has 1 aromatic heterocycles. The smallest absolute Gasteiger partial charge is 0.320 e. The minimum atomic E-state index is -0.310. The van der Waals surface area contributed by atoms with Crippen LogP contribution in [0.2, 0.25) is 0 Å². The lowest BCUT2D eigenvalue weighted by Crippen LogP contribution is -2.34. The van der Waals surface area contributed by atoms with Gasteiger partial charge in [0.1, 0.15) is 6.10 Å². The Bertz CT molecular complexity index is 655. The Hall–Kier alpha value is -2.41. The molecular formula is C15H19N5O2. The molecule has 2 amide bonds. The fourth-order valence-electron chi connectivity index (χ4n) is 2.50. The van der Waals surface area contributed by atoms with E-state index in [1.807, 2.05) is 25.1 Å². The van der Waals surface area contributed by atoms with Gasteiger partial charge in [-0.15, -0.1) is 5.10 Å². The number of hydrogen-bond acceptors (Lipinski definition) is 4. The lowest BCUT2D eigenvalue weighted by atomic mass is 9.98. The van der Waals surface area contributed by atoms with E-state index in [2.05, 4.69) is 27.0 Å². The molecule has 1 aliphatic rings. The van der Waals surface area contributed by atoms with Crippen LogP contribution >= 0.6 is 0 Å². The highest BCUT2D eigenvalue weighted by molar-refractivity contribution is 5.87. The molecule has 1 atom stereocenters. The van der Waals surface area contributed by atoms with E-state index >= 15 is 0 Å². The van der Waals surface area contributed by atoms with Crippen molar-refractivity contribution in [2.24, 2.45) is 0 Å². The number of aryl methyl sites for hydroxylation is 1. The number of nitrogens with one attached hydrogen (secondary N) is 2. The van der Waals surface area contributed by atoms with Gasteiger partial charge in [0.25, 0.3) is 0 Å². The molecule has 2 N–H and O–H groups in total. The number of anilines is 1. The van der Waals surface area contributed by atoms with Crippen LogP contribution in [0.15, 0.2) is 30.5 Å². The van der Waals surface area contributed by atoms with Gasteiger partial charge in [-0.1, -0.05) is 29.5 Å². The van der Waals surface area contributed by atoms with Crippen molar-refractivity contribution in [2.45, 2.75) is 26.0 Å². The van der Waals surface area contributed by atoms with Crippen molar-refractivity contribution in [3.63, 3.8) is 0 Å². The molecule has 0 fully saturated rings. The highest BCUT2D eigenvalue weighted by Crippen LogP contribution is 2.26. The Labute approximate surface area is 128 Å². The second-order valence-corrected chi connectivity index (χ2v) is 5.10. The number of fused-ring (bicyclic) bond motifs is 1. The first kappa shape index (κ1) is 14.5. The third-order valence-electron chi connectivity index (χ3n) is 3.64. The Morgan fingerprint density at radius 3 is 3.14 bits per heavy atom. The van der Waals surface area contributed by atoms with Gasteiger partial charge in [-0.05, 0) is 24.5 Å². The summed E-state index contributed by atoms with van der Waals surface area (Å²) in [7, 11) is 0. The SMILES string of the molecule is CCn1cc(NC(=O)NC[C@H]2OCCc3ccccc32)nn1. The Morgan fingerprint density at radius 1 is 1.45 bits per heavy atom. The van der Waals surface area contributed by atoms with Crippen molar-refractivity contribution in [2.75, 3.05) is 18.5 Å². The van der Waals surface area contributed by atoms with Crippen LogP contribution in [0.1, 0.15) is 24.2 Å². The zero-order valence-corrected chi connectivity index (χ0v) is 12.5. The largest absolute Gasteiger partial charge is 0.371 e. The number of amides is 2. The maximum atomic E-state index is 11.9. The van der Waals surface area contributed by atoms with E-state index in [-0.39, 0.29) is 12.1 Å². The van der Waals surface area contributed by atoms with Gasteiger partial charge in [-0.25, -0.2) is 4.79 Å². The maximum absolute atomic E-state index is 11.9. The van der Waals surface area contributed by atoms with Crippen LogP contribution in [0.25, 0.3) is 0 Å². The molecule has 22 heavy (non-hydrogen) atoms. The summed E-state index contributed by atoms with van der Waals surface area (Å²) in [6.45, 7) is 3.76. The van der Waals surface area contributed by atoms with Gasteiger partial charge < -0.3 is 10.1 Å².